The zero-order valence-electron chi connectivity index (χ0n) is 35.5. The van der Waals surface area contributed by atoms with Crippen LogP contribution < -0.4 is 9.47 Å². The van der Waals surface area contributed by atoms with Crippen LogP contribution in [-0.4, -0.2) is 42.2 Å². The quantitative estimate of drug-likeness (QED) is 0.169. The molecule has 2 aromatic heterocycles. The van der Waals surface area contributed by atoms with E-state index in [1.807, 2.05) is 131 Å². The largest absolute Gasteiger partial charge is 0.488 e. The first-order valence-electron chi connectivity index (χ1n) is 21.5. The molecule has 18 rings (SSSR count). The molecule has 0 saturated carbocycles. The smallest absolute Gasteiger partial charge is 0.212 e. The first-order chi connectivity index (χ1) is 32.7. The van der Waals surface area contributed by atoms with Crippen LogP contribution in [0, 0.1) is 0 Å². The van der Waals surface area contributed by atoms with Crippen molar-refractivity contribution in [3.63, 3.8) is 0 Å². The third kappa shape index (κ3) is 8.97. The Hall–Kier alpha value is -7.80. The lowest BCUT2D eigenvalue weighted by Gasteiger charge is -2.12. The van der Waals surface area contributed by atoms with Crippen molar-refractivity contribution in [2.24, 2.45) is 10.2 Å². The van der Waals surface area contributed by atoms with Crippen molar-refractivity contribution in [3.05, 3.63) is 215 Å². The Bertz CT molecular complexity index is 3180. The number of para-hydroxylation sites is 2. The molecule has 0 saturated heterocycles. The van der Waals surface area contributed by atoms with Crippen LogP contribution in [0.25, 0.3) is 44.3 Å². The summed E-state index contributed by atoms with van der Waals surface area (Å²) in [4.78, 5) is 0. The molecule has 0 fully saturated rings. The van der Waals surface area contributed by atoms with Crippen molar-refractivity contribution in [2.45, 2.75) is 35.0 Å². The van der Waals surface area contributed by atoms with E-state index in [1.54, 1.807) is 23.5 Å². The van der Waals surface area contributed by atoms with E-state index in [-0.39, 0.29) is 0 Å². The second-order valence-corrected chi connectivity index (χ2v) is 17.6. The van der Waals surface area contributed by atoms with Crippen molar-refractivity contribution in [1.29, 1.82) is 0 Å². The van der Waals surface area contributed by atoms with Gasteiger partial charge in [0.2, 0.25) is 10.3 Å². The lowest BCUT2D eigenvalue weighted by atomic mass is 10.0. The third-order valence-electron chi connectivity index (χ3n) is 11.2. The molecule has 10 aromatic rings. The molecule has 0 radical (unpaired) electrons. The summed E-state index contributed by atoms with van der Waals surface area (Å²) in [6.07, 6.45) is 3.65. The zero-order valence-corrected chi connectivity index (χ0v) is 37.1. The molecule has 8 aliphatic heterocycles. The highest BCUT2D eigenvalue weighted by Crippen LogP contribution is 2.32. The number of benzene rings is 8. The number of nitrogens with zero attached hydrogens (tertiary/aromatic N) is 8. The number of aromatic nitrogens is 6. The number of hydrogen-bond acceptors (Lipinski definition) is 10. The van der Waals surface area contributed by atoms with Crippen LogP contribution >= 0.6 is 23.5 Å². The van der Waals surface area contributed by atoms with E-state index in [9.17, 15) is 0 Å². The number of rotatable bonds is 2. The average Bonchev–Trinajstić information content (AvgIpc) is 3.99. The molecular formula is C54H40N8O2S2. The highest BCUT2D eigenvalue weighted by Gasteiger charge is 2.17. The Balaban J connectivity index is 0.948. The fourth-order valence-corrected chi connectivity index (χ4v) is 9.46. The van der Waals surface area contributed by atoms with Gasteiger partial charge >= 0.3 is 0 Å². The molecule has 0 aliphatic carbocycles. The van der Waals surface area contributed by atoms with Crippen LogP contribution in [-0.2, 0) is 24.7 Å². The van der Waals surface area contributed by atoms with Gasteiger partial charge in [0.15, 0.2) is 11.6 Å². The molecule has 0 N–H and O–H groups in total. The van der Waals surface area contributed by atoms with Gasteiger partial charge in [0.05, 0.1) is 12.4 Å². The minimum absolute atomic E-state index is 0.391. The standard InChI is InChI=1S/C54H40N8O2S2/c1-3-11-41(12-4-1)51-57-59-53-61(51)55-31-47-15-7-9-17-49(47)63-33-37-19-23-44-28-38(20-24-43(44)27-37)34-64-50-18-10-8-16-48(50)32-56-62-52(42-13-5-2-6-14-42)58-60-54(62)66-36-40-22-26-45-29-39(35-65-53)21-25-46(45)30-40/h1-32H,33-36H2/b55-31+,56-32+. The van der Waals surface area contributed by atoms with Crippen molar-refractivity contribution in [3.8, 4) is 34.3 Å². The molecule has 320 valence electrons. The molecule has 12 heteroatoms. The Morgan fingerprint density at radius 2 is 0.758 bits per heavy atom. The molecule has 66 heavy (non-hydrogen) atoms. The highest BCUT2D eigenvalue weighted by atomic mass is 32.2. The molecule has 8 aromatic carbocycles. The zero-order chi connectivity index (χ0) is 44.1. The van der Waals surface area contributed by atoms with Gasteiger partial charge in [-0.3, -0.25) is 0 Å². The number of hydrogen-bond donors (Lipinski definition) is 0. The monoisotopic (exact) mass is 896 g/mol. The van der Waals surface area contributed by atoms with Crippen LogP contribution in [0.2, 0.25) is 0 Å². The van der Waals surface area contributed by atoms with E-state index in [1.165, 1.54) is 11.1 Å². The normalized spacial score (nSPS) is 14.2. The van der Waals surface area contributed by atoms with Crippen LogP contribution in [0.3, 0.4) is 0 Å². The minimum Gasteiger partial charge on any atom is -0.488 e. The van der Waals surface area contributed by atoms with Crippen molar-refractivity contribution < 1.29 is 9.47 Å². The minimum atomic E-state index is 0.391. The maximum Gasteiger partial charge on any atom is 0.212 e. The van der Waals surface area contributed by atoms with Gasteiger partial charge in [0.25, 0.3) is 0 Å². The van der Waals surface area contributed by atoms with Gasteiger partial charge in [-0.15, -0.1) is 20.4 Å². The molecule has 8 aliphatic rings. The van der Waals surface area contributed by atoms with Crippen LogP contribution in [0.15, 0.2) is 203 Å². The Morgan fingerprint density at radius 3 is 1.20 bits per heavy atom. The van der Waals surface area contributed by atoms with Gasteiger partial charge in [0.1, 0.15) is 24.7 Å². The van der Waals surface area contributed by atoms with Gasteiger partial charge in [-0.1, -0.05) is 169 Å². The predicted octanol–water partition coefficient (Wildman–Crippen LogP) is 12.3. The lowest BCUT2D eigenvalue weighted by Crippen LogP contribution is -2.01. The van der Waals surface area contributed by atoms with E-state index in [2.05, 4.69) is 93.2 Å². The second-order valence-electron chi connectivity index (χ2n) is 15.7. The van der Waals surface area contributed by atoms with Gasteiger partial charge in [-0.25, -0.2) is 0 Å². The van der Waals surface area contributed by atoms with E-state index < -0.39 is 0 Å². The molecular weight excluding hydrogens is 857 g/mol. The molecule has 10 heterocycles. The molecule has 0 spiro atoms. The van der Waals surface area contributed by atoms with E-state index in [4.69, 9.17) is 19.7 Å². The number of thioether (sulfide) groups is 2. The Kier molecular flexibility index (Phi) is 11.6. The van der Waals surface area contributed by atoms with Crippen molar-refractivity contribution in [1.82, 2.24) is 29.7 Å². The summed E-state index contributed by atoms with van der Waals surface area (Å²) in [7, 11) is 0. The summed E-state index contributed by atoms with van der Waals surface area (Å²) in [5.74, 6) is 4.13. The first-order valence-corrected chi connectivity index (χ1v) is 23.5. The van der Waals surface area contributed by atoms with Crippen LogP contribution in [0.1, 0.15) is 33.4 Å². The fraction of sp³-hybridized carbons (Fsp3) is 0.0741. The van der Waals surface area contributed by atoms with E-state index >= 15 is 0 Å². The van der Waals surface area contributed by atoms with Gasteiger partial charge < -0.3 is 9.47 Å². The molecule has 0 unspecified atom stereocenters. The van der Waals surface area contributed by atoms with Gasteiger partial charge in [-0.2, -0.15) is 19.6 Å². The lowest BCUT2D eigenvalue weighted by molar-refractivity contribution is 0.305. The van der Waals surface area contributed by atoms with E-state index in [0.717, 1.165) is 66.4 Å². The average molecular weight is 897 g/mol. The molecule has 0 atom stereocenters. The number of ether oxygens (including phenoxy) is 2. The van der Waals surface area contributed by atoms with Crippen molar-refractivity contribution in [2.75, 3.05) is 0 Å². The van der Waals surface area contributed by atoms with Gasteiger partial charge in [0, 0.05) is 33.8 Å². The highest BCUT2D eigenvalue weighted by molar-refractivity contribution is 7.98. The Labute approximate surface area is 389 Å². The molecule has 8 bridgehead atoms. The van der Waals surface area contributed by atoms with Crippen LogP contribution in [0.5, 0.6) is 11.5 Å². The first kappa shape index (κ1) is 40.9. The summed E-state index contributed by atoms with van der Waals surface area (Å²) in [6.45, 7) is 0.782. The predicted molar refractivity (Wildman–Crippen MR) is 265 cm³/mol. The SMILES string of the molecule is C1=N/n2c(nnc2-c2ccccc2)SCc2ccc3cc(ccc3c2)CSc2nnc(-c3ccccc3)n2/N=C/c2ccccc2OCc2ccc3cc(ccc3c2)COc2ccccc2/1. The Morgan fingerprint density at radius 1 is 0.379 bits per heavy atom. The van der Waals surface area contributed by atoms with Crippen molar-refractivity contribution >= 4 is 57.5 Å². The summed E-state index contributed by atoms with van der Waals surface area (Å²) < 4.78 is 16.6. The summed E-state index contributed by atoms with van der Waals surface area (Å²) in [5.41, 5.74) is 7.98. The van der Waals surface area contributed by atoms with Crippen LogP contribution in [0.4, 0.5) is 0 Å². The summed E-state index contributed by atoms with van der Waals surface area (Å²) in [5, 5.41) is 34.4. The maximum absolute atomic E-state index is 6.46. The topological polar surface area (TPSA) is 105 Å². The fourth-order valence-electron chi connectivity index (χ4n) is 7.80. The van der Waals surface area contributed by atoms with Gasteiger partial charge in [-0.05, 0) is 80.2 Å². The maximum atomic E-state index is 6.46. The summed E-state index contributed by atoms with van der Waals surface area (Å²) in [6, 6.07) is 62.0. The summed E-state index contributed by atoms with van der Waals surface area (Å²) >= 11 is 3.20. The third-order valence-corrected chi connectivity index (χ3v) is 13.2. The molecule has 10 nitrogen and oxygen atoms in total. The second kappa shape index (κ2) is 18.7. The van der Waals surface area contributed by atoms with E-state index in [0.29, 0.717) is 46.7 Å². The molecule has 0 amide bonds.